The number of guanidine groups is 1. The Morgan fingerprint density at radius 3 is 2.80 bits per heavy atom. The third-order valence-corrected chi connectivity index (χ3v) is 4.04. The van der Waals surface area contributed by atoms with Gasteiger partial charge in [0.2, 0.25) is 0 Å². The van der Waals surface area contributed by atoms with E-state index in [4.69, 9.17) is 0 Å². The Morgan fingerprint density at radius 2 is 2.10 bits per heavy atom. The summed E-state index contributed by atoms with van der Waals surface area (Å²) in [6, 6.07) is 0. The molecule has 0 unspecified atom stereocenters. The minimum atomic E-state index is 0.676. The molecule has 2 rings (SSSR count). The zero-order chi connectivity index (χ0) is 14.4. The summed E-state index contributed by atoms with van der Waals surface area (Å²) in [6.45, 7) is 7.14. The molecule has 1 aliphatic heterocycles. The summed E-state index contributed by atoms with van der Waals surface area (Å²) < 4.78 is 2.21. The van der Waals surface area contributed by atoms with Gasteiger partial charge in [0.15, 0.2) is 11.8 Å². The van der Waals surface area contributed by atoms with Gasteiger partial charge in [0.05, 0.1) is 6.54 Å². The van der Waals surface area contributed by atoms with Crippen LogP contribution in [0.2, 0.25) is 0 Å². The summed E-state index contributed by atoms with van der Waals surface area (Å²) in [5.74, 6) is 3.66. The van der Waals surface area contributed by atoms with Crippen LogP contribution in [0.4, 0.5) is 0 Å². The van der Waals surface area contributed by atoms with Gasteiger partial charge in [0.25, 0.3) is 0 Å². The van der Waals surface area contributed by atoms with Crippen LogP contribution >= 0.6 is 0 Å². The largest absolute Gasteiger partial charge is 0.356 e. The number of aliphatic imine (C=N–C) groups is 1. The predicted molar refractivity (Wildman–Crippen MR) is 80.6 cm³/mol. The molecule has 0 aliphatic carbocycles. The molecule has 0 atom stereocenters. The van der Waals surface area contributed by atoms with Crippen molar-refractivity contribution in [3.05, 3.63) is 11.6 Å². The fourth-order valence-corrected chi connectivity index (χ4v) is 2.54. The van der Waals surface area contributed by atoms with E-state index >= 15 is 0 Å². The highest BCUT2D eigenvalue weighted by Gasteiger charge is 2.17. The summed E-state index contributed by atoms with van der Waals surface area (Å²) in [4.78, 5) is 4.26. The van der Waals surface area contributed by atoms with Crippen LogP contribution in [0.3, 0.4) is 0 Å². The van der Waals surface area contributed by atoms with Crippen LogP contribution < -0.4 is 10.6 Å². The van der Waals surface area contributed by atoms with Crippen LogP contribution in [0, 0.1) is 5.92 Å². The molecule has 2 N–H and O–H groups in total. The van der Waals surface area contributed by atoms with Crippen molar-refractivity contribution in [3.8, 4) is 0 Å². The number of aryl methyl sites for hydroxylation is 1. The van der Waals surface area contributed by atoms with Crippen molar-refractivity contribution in [2.45, 2.75) is 52.6 Å². The van der Waals surface area contributed by atoms with E-state index in [0.29, 0.717) is 12.5 Å². The maximum Gasteiger partial charge on any atom is 0.191 e. The highest BCUT2D eigenvalue weighted by atomic mass is 15.3. The molecule has 112 valence electrons. The standard InChI is InChI=1S/C14H26N6/c1-4-11(5-2)9-16-14(15-3)17-10-13-19-18-12-7-6-8-20(12)13/h11H,4-10H2,1-3H3,(H2,15,16,17). The normalized spacial score (nSPS) is 14.7. The molecular weight excluding hydrogens is 252 g/mol. The van der Waals surface area contributed by atoms with E-state index in [1.165, 1.54) is 19.3 Å². The van der Waals surface area contributed by atoms with Gasteiger partial charge >= 0.3 is 0 Å². The third kappa shape index (κ3) is 3.49. The summed E-state index contributed by atoms with van der Waals surface area (Å²) >= 11 is 0. The van der Waals surface area contributed by atoms with Crippen LogP contribution in [0.15, 0.2) is 4.99 Å². The highest BCUT2D eigenvalue weighted by Crippen LogP contribution is 2.13. The molecule has 0 amide bonds. The smallest absolute Gasteiger partial charge is 0.191 e. The molecule has 1 aromatic rings. The van der Waals surface area contributed by atoms with Gasteiger partial charge in [0, 0.05) is 26.6 Å². The van der Waals surface area contributed by atoms with Crippen LogP contribution in [0.1, 0.15) is 44.8 Å². The second kappa shape index (κ2) is 7.26. The van der Waals surface area contributed by atoms with Gasteiger partial charge in [-0.3, -0.25) is 4.99 Å². The van der Waals surface area contributed by atoms with E-state index in [9.17, 15) is 0 Å². The fourth-order valence-electron chi connectivity index (χ4n) is 2.54. The quantitative estimate of drug-likeness (QED) is 0.608. The predicted octanol–water partition coefficient (Wildman–Crippen LogP) is 1.33. The van der Waals surface area contributed by atoms with Gasteiger partial charge in [-0.2, -0.15) is 0 Å². The molecule has 0 fully saturated rings. The number of fused-ring (bicyclic) bond motifs is 1. The van der Waals surface area contributed by atoms with Crippen molar-refractivity contribution >= 4 is 5.96 Å². The number of hydrogen-bond acceptors (Lipinski definition) is 3. The average Bonchev–Trinajstić information content (AvgIpc) is 3.07. The van der Waals surface area contributed by atoms with Crippen LogP contribution in [0.5, 0.6) is 0 Å². The van der Waals surface area contributed by atoms with E-state index in [-0.39, 0.29) is 0 Å². The van der Waals surface area contributed by atoms with E-state index in [0.717, 1.165) is 37.1 Å². The zero-order valence-corrected chi connectivity index (χ0v) is 12.8. The number of rotatable bonds is 6. The maximum atomic E-state index is 4.26. The number of nitrogens with one attached hydrogen (secondary N) is 2. The minimum absolute atomic E-state index is 0.676. The van der Waals surface area contributed by atoms with Gasteiger partial charge < -0.3 is 15.2 Å². The lowest BCUT2D eigenvalue weighted by Crippen LogP contribution is -2.39. The van der Waals surface area contributed by atoms with Crippen molar-refractivity contribution in [2.24, 2.45) is 10.9 Å². The molecule has 0 aromatic carbocycles. The van der Waals surface area contributed by atoms with E-state index in [2.05, 4.69) is 44.2 Å². The first kappa shape index (κ1) is 14.8. The Kier molecular flexibility index (Phi) is 5.38. The van der Waals surface area contributed by atoms with Crippen molar-refractivity contribution in [2.75, 3.05) is 13.6 Å². The topological polar surface area (TPSA) is 67.1 Å². The monoisotopic (exact) mass is 278 g/mol. The fraction of sp³-hybridized carbons (Fsp3) is 0.786. The molecule has 1 aromatic heterocycles. The van der Waals surface area contributed by atoms with Crippen molar-refractivity contribution in [1.29, 1.82) is 0 Å². The summed E-state index contributed by atoms with van der Waals surface area (Å²) in [5, 5.41) is 15.2. The first-order chi connectivity index (χ1) is 9.78. The first-order valence-electron chi connectivity index (χ1n) is 7.63. The molecule has 20 heavy (non-hydrogen) atoms. The maximum absolute atomic E-state index is 4.26. The number of hydrogen-bond donors (Lipinski definition) is 2. The molecule has 6 heteroatoms. The van der Waals surface area contributed by atoms with Gasteiger partial charge in [0.1, 0.15) is 5.82 Å². The Bertz CT molecular complexity index is 447. The first-order valence-corrected chi connectivity index (χ1v) is 7.63. The van der Waals surface area contributed by atoms with Gasteiger partial charge in [-0.15, -0.1) is 10.2 Å². The Morgan fingerprint density at radius 1 is 1.30 bits per heavy atom. The van der Waals surface area contributed by atoms with Gasteiger partial charge in [-0.25, -0.2) is 0 Å². The molecule has 2 heterocycles. The molecule has 6 nitrogen and oxygen atoms in total. The van der Waals surface area contributed by atoms with Crippen molar-refractivity contribution in [3.63, 3.8) is 0 Å². The van der Waals surface area contributed by atoms with E-state index in [1.807, 2.05) is 0 Å². The Hall–Kier alpha value is -1.59. The lowest BCUT2D eigenvalue weighted by molar-refractivity contribution is 0.481. The molecule has 0 radical (unpaired) electrons. The molecule has 1 aliphatic rings. The molecular formula is C14H26N6. The summed E-state index contributed by atoms with van der Waals surface area (Å²) in [7, 11) is 1.80. The van der Waals surface area contributed by atoms with Gasteiger partial charge in [-0.1, -0.05) is 26.7 Å². The lowest BCUT2D eigenvalue weighted by atomic mass is 10.0. The van der Waals surface area contributed by atoms with Crippen LogP contribution in [-0.2, 0) is 19.5 Å². The highest BCUT2D eigenvalue weighted by molar-refractivity contribution is 5.79. The van der Waals surface area contributed by atoms with Crippen molar-refractivity contribution in [1.82, 2.24) is 25.4 Å². The Labute approximate surface area is 121 Å². The summed E-state index contributed by atoms with van der Waals surface area (Å²) in [5.41, 5.74) is 0. The second-order valence-corrected chi connectivity index (χ2v) is 5.28. The zero-order valence-electron chi connectivity index (χ0n) is 12.8. The minimum Gasteiger partial charge on any atom is -0.356 e. The van der Waals surface area contributed by atoms with Crippen molar-refractivity contribution < 1.29 is 0 Å². The number of aromatic nitrogens is 3. The molecule has 0 saturated carbocycles. The molecule has 0 saturated heterocycles. The SMILES string of the molecule is CCC(CC)CNC(=NC)NCc1nnc2n1CCC2. The molecule has 0 spiro atoms. The summed E-state index contributed by atoms with van der Waals surface area (Å²) in [6.07, 6.45) is 4.62. The number of nitrogens with zero attached hydrogens (tertiary/aromatic N) is 4. The molecule has 0 bridgehead atoms. The van der Waals surface area contributed by atoms with E-state index in [1.54, 1.807) is 7.05 Å². The lowest BCUT2D eigenvalue weighted by Gasteiger charge is -2.16. The second-order valence-electron chi connectivity index (χ2n) is 5.28. The van der Waals surface area contributed by atoms with Gasteiger partial charge in [-0.05, 0) is 12.3 Å². The van der Waals surface area contributed by atoms with E-state index < -0.39 is 0 Å². The third-order valence-electron chi connectivity index (χ3n) is 4.04. The average molecular weight is 278 g/mol. The Balaban J connectivity index is 1.82. The van der Waals surface area contributed by atoms with Crippen LogP contribution in [-0.4, -0.2) is 34.3 Å². The van der Waals surface area contributed by atoms with Crippen LogP contribution in [0.25, 0.3) is 0 Å².